The standard InChI is InChI=1S/C23H26N8O3/c1-24-20(32)15-9-25-18(27-21(33)16-8-23(16)5-6-23)7-17(15)26-22-28-19-4-3-13(10-31(19)29-22)30-11-14(12-30)34-2/h3-4,7,9-10,14,16H,5-6,8,11-12H2,1-2H3,(H,24,32)(H2,25,26,27,29,33)/t16-/m0/s1. The monoisotopic (exact) mass is 462 g/mol. The van der Waals surface area contributed by atoms with Gasteiger partial charge in [0.1, 0.15) is 5.82 Å². The molecule has 3 aromatic heterocycles. The predicted octanol–water partition coefficient (Wildman–Crippen LogP) is 1.80. The molecule has 4 heterocycles. The molecule has 1 spiro atoms. The number of carbonyl (C=O) groups is 2. The average molecular weight is 463 g/mol. The van der Waals surface area contributed by atoms with Crippen molar-refractivity contribution in [2.24, 2.45) is 11.3 Å². The van der Waals surface area contributed by atoms with Gasteiger partial charge in [0.05, 0.1) is 29.2 Å². The number of nitrogens with one attached hydrogen (secondary N) is 3. The number of fused-ring (bicyclic) bond motifs is 1. The molecular formula is C23H26N8O3. The van der Waals surface area contributed by atoms with Crippen LogP contribution in [-0.4, -0.2) is 64.7 Å². The lowest BCUT2D eigenvalue weighted by Crippen LogP contribution is -2.51. The summed E-state index contributed by atoms with van der Waals surface area (Å²) in [6.07, 6.45) is 6.83. The van der Waals surface area contributed by atoms with Crippen molar-refractivity contribution in [3.05, 3.63) is 36.2 Å². The third-order valence-corrected chi connectivity index (χ3v) is 7.13. The summed E-state index contributed by atoms with van der Waals surface area (Å²) in [7, 11) is 3.28. The summed E-state index contributed by atoms with van der Waals surface area (Å²) < 4.78 is 7.05. The van der Waals surface area contributed by atoms with E-state index in [9.17, 15) is 9.59 Å². The summed E-state index contributed by atoms with van der Waals surface area (Å²) in [5, 5.41) is 13.2. The van der Waals surface area contributed by atoms with E-state index in [1.54, 1.807) is 24.7 Å². The van der Waals surface area contributed by atoms with E-state index in [1.807, 2.05) is 18.3 Å². The SMILES string of the molecule is CNC(=O)c1cnc(NC(=O)[C@@H]2CC23CC3)cc1Nc1nc2ccc(N3CC(OC)C3)cn2n1. The van der Waals surface area contributed by atoms with E-state index in [4.69, 9.17) is 4.74 Å². The second-order valence-electron chi connectivity index (χ2n) is 9.32. The van der Waals surface area contributed by atoms with Crippen LogP contribution in [0.15, 0.2) is 30.6 Å². The highest BCUT2D eigenvalue weighted by molar-refractivity contribution is 6.01. The smallest absolute Gasteiger partial charge is 0.254 e. The number of carbonyl (C=O) groups excluding carboxylic acids is 2. The number of hydrogen-bond acceptors (Lipinski definition) is 8. The molecule has 0 radical (unpaired) electrons. The molecule has 3 aliphatic rings. The van der Waals surface area contributed by atoms with Crippen LogP contribution in [0.25, 0.3) is 5.65 Å². The Kier molecular flexibility index (Phi) is 4.70. The number of ether oxygens (including phenoxy) is 1. The highest BCUT2D eigenvalue weighted by atomic mass is 16.5. The Bertz CT molecular complexity index is 1290. The summed E-state index contributed by atoms with van der Waals surface area (Å²) in [6, 6.07) is 5.54. The van der Waals surface area contributed by atoms with Gasteiger partial charge < -0.3 is 25.6 Å². The number of rotatable bonds is 7. The van der Waals surface area contributed by atoms with Crippen LogP contribution in [0.4, 0.5) is 23.1 Å². The number of hydrogen-bond donors (Lipinski definition) is 3. The number of pyridine rings is 2. The van der Waals surface area contributed by atoms with Crippen LogP contribution in [0.1, 0.15) is 29.6 Å². The Morgan fingerprint density at radius 2 is 2.06 bits per heavy atom. The van der Waals surface area contributed by atoms with Crippen molar-refractivity contribution >= 4 is 40.6 Å². The van der Waals surface area contributed by atoms with Crippen molar-refractivity contribution in [1.29, 1.82) is 0 Å². The average Bonchev–Trinajstić information content (AvgIpc) is 3.70. The minimum absolute atomic E-state index is 0.0104. The van der Waals surface area contributed by atoms with Crippen LogP contribution < -0.4 is 20.9 Å². The number of nitrogens with zero attached hydrogens (tertiary/aromatic N) is 5. The summed E-state index contributed by atoms with van der Waals surface area (Å²) in [4.78, 5) is 36.0. The van der Waals surface area contributed by atoms with E-state index in [1.165, 1.54) is 6.20 Å². The lowest BCUT2D eigenvalue weighted by Gasteiger charge is -2.39. The van der Waals surface area contributed by atoms with Crippen molar-refractivity contribution in [3.63, 3.8) is 0 Å². The fourth-order valence-corrected chi connectivity index (χ4v) is 4.62. The quantitative estimate of drug-likeness (QED) is 0.485. The Morgan fingerprint density at radius 1 is 1.24 bits per heavy atom. The molecule has 0 bridgehead atoms. The Hall–Kier alpha value is -3.73. The third-order valence-electron chi connectivity index (χ3n) is 7.13. The normalized spacial score (nSPS) is 20.2. The van der Waals surface area contributed by atoms with Gasteiger partial charge in [0.25, 0.3) is 5.91 Å². The minimum Gasteiger partial charge on any atom is -0.378 e. The van der Waals surface area contributed by atoms with Crippen molar-refractivity contribution in [2.45, 2.75) is 25.4 Å². The first-order valence-corrected chi connectivity index (χ1v) is 11.4. The number of aromatic nitrogens is 4. The summed E-state index contributed by atoms with van der Waals surface area (Å²) in [5.41, 5.74) is 2.75. The van der Waals surface area contributed by atoms with E-state index in [-0.39, 0.29) is 29.3 Å². The molecule has 3 fully saturated rings. The first kappa shape index (κ1) is 20.8. The molecule has 2 saturated carbocycles. The van der Waals surface area contributed by atoms with Gasteiger partial charge in [-0.3, -0.25) is 9.59 Å². The second kappa shape index (κ2) is 7.66. The molecule has 34 heavy (non-hydrogen) atoms. The molecule has 1 aliphatic heterocycles. The van der Waals surface area contributed by atoms with Crippen LogP contribution in [-0.2, 0) is 9.53 Å². The van der Waals surface area contributed by atoms with E-state index < -0.39 is 0 Å². The second-order valence-corrected chi connectivity index (χ2v) is 9.32. The van der Waals surface area contributed by atoms with E-state index in [2.05, 4.69) is 35.9 Å². The van der Waals surface area contributed by atoms with Gasteiger partial charge in [0, 0.05) is 45.4 Å². The molecular weight excluding hydrogens is 436 g/mol. The van der Waals surface area contributed by atoms with E-state index in [0.29, 0.717) is 28.7 Å². The molecule has 1 atom stereocenters. The van der Waals surface area contributed by atoms with Gasteiger partial charge in [-0.15, -0.1) is 5.10 Å². The summed E-state index contributed by atoms with van der Waals surface area (Å²) in [6.45, 7) is 1.68. The molecule has 3 aromatic rings. The molecule has 176 valence electrons. The molecule has 1 saturated heterocycles. The fourth-order valence-electron chi connectivity index (χ4n) is 4.62. The van der Waals surface area contributed by atoms with Gasteiger partial charge in [-0.05, 0) is 36.8 Å². The Morgan fingerprint density at radius 3 is 2.76 bits per heavy atom. The van der Waals surface area contributed by atoms with Crippen molar-refractivity contribution in [3.8, 4) is 0 Å². The molecule has 0 unspecified atom stereocenters. The van der Waals surface area contributed by atoms with E-state index >= 15 is 0 Å². The van der Waals surface area contributed by atoms with Crippen molar-refractivity contribution in [1.82, 2.24) is 24.9 Å². The van der Waals surface area contributed by atoms with Crippen molar-refractivity contribution < 1.29 is 14.3 Å². The zero-order valence-corrected chi connectivity index (χ0v) is 19.0. The topological polar surface area (TPSA) is 126 Å². The van der Waals surface area contributed by atoms with Crippen LogP contribution in [0, 0.1) is 11.3 Å². The van der Waals surface area contributed by atoms with Crippen LogP contribution in [0.3, 0.4) is 0 Å². The maximum Gasteiger partial charge on any atom is 0.254 e. The fraction of sp³-hybridized carbons (Fsp3) is 0.435. The Balaban J connectivity index is 1.23. The highest BCUT2D eigenvalue weighted by Crippen LogP contribution is 2.70. The largest absolute Gasteiger partial charge is 0.378 e. The highest BCUT2D eigenvalue weighted by Gasteiger charge is 2.65. The first-order chi connectivity index (χ1) is 16.5. The molecule has 11 heteroatoms. The van der Waals surface area contributed by atoms with Gasteiger partial charge in [-0.2, -0.15) is 4.98 Å². The molecule has 6 rings (SSSR count). The first-order valence-electron chi connectivity index (χ1n) is 11.4. The number of methoxy groups -OCH3 is 1. The van der Waals surface area contributed by atoms with Crippen LogP contribution in [0.5, 0.6) is 0 Å². The molecule has 2 amide bonds. The number of amides is 2. The summed E-state index contributed by atoms with van der Waals surface area (Å²) in [5.74, 6) is 0.485. The molecule has 2 aliphatic carbocycles. The number of anilines is 4. The van der Waals surface area contributed by atoms with Gasteiger partial charge in [-0.25, -0.2) is 9.50 Å². The Labute approximate surface area is 195 Å². The molecule has 0 aromatic carbocycles. The van der Waals surface area contributed by atoms with Crippen LogP contribution >= 0.6 is 0 Å². The predicted molar refractivity (Wildman–Crippen MR) is 125 cm³/mol. The molecule has 3 N–H and O–H groups in total. The molecule has 11 nitrogen and oxygen atoms in total. The lowest BCUT2D eigenvalue weighted by molar-refractivity contribution is -0.117. The summed E-state index contributed by atoms with van der Waals surface area (Å²) >= 11 is 0. The van der Waals surface area contributed by atoms with Gasteiger partial charge >= 0.3 is 0 Å². The maximum absolute atomic E-state index is 12.6. The maximum atomic E-state index is 12.6. The van der Waals surface area contributed by atoms with Gasteiger partial charge in [-0.1, -0.05) is 0 Å². The zero-order chi connectivity index (χ0) is 23.4. The minimum atomic E-state index is -0.302. The lowest BCUT2D eigenvalue weighted by atomic mass is 10.1. The van der Waals surface area contributed by atoms with Gasteiger partial charge in [0.15, 0.2) is 5.65 Å². The third kappa shape index (κ3) is 3.61. The van der Waals surface area contributed by atoms with E-state index in [0.717, 1.165) is 38.0 Å². The zero-order valence-electron chi connectivity index (χ0n) is 19.0. The van der Waals surface area contributed by atoms with Crippen LogP contribution in [0.2, 0.25) is 0 Å². The van der Waals surface area contributed by atoms with Gasteiger partial charge in [0.2, 0.25) is 11.9 Å². The van der Waals surface area contributed by atoms with Crippen molar-refractivity contribution in [2.75, 3.05) is 42.8 Å².